The number of ether oxygens (including phenoxy) is 1. The highest BCUT2D eigenvalue weighted by molar-refractivity contribution is 5.74. The van der Waals surface area contributed by atoms with Gasteiger partial charge in [-0.05, 0) is 18.6 Å². The zero-order chi connectivity index (χ0) is 13.9. The largest absolute Gasteiger partial charge is 0.426 e. The van der Waals surface area contributed by atoms with Crippen LogP contribution in [0.4, 0.5) is 0 Å². The van der Waals surface area contributed by atoms with Crippen molar-refractivity contribution >= 4 is 5.97 Å². The lowest BCUT2D eigenvalue weighted by atomic mass is 10.0. The van der Waals surface area contributed by atoms with Crippen molar-refractivity contribution in [1.82, 2.24) is 0 Å². The first-order chi connectivity index (χ1) is 9.24. The van der Waals surface area contributed by atoms with Crippen LogP contribution in [-0.4, -0.2) is 5.97 Å². The van der Waals surface area contributed by atoms with Crippen LogP contribution in [0.1, 0.15) is 58.8 Å². The quantitative estimate of drug-likeness (QED) is 0.356. The zero-order valence-corrected chi connectivity index (χ0v) is 12.2. The number of benzene rings is 1. The Morgan fingerprint density at radius 3 is 2.37 bits per heavy atom. The van der Waals surface area contributed by atoms with Crippen LogP contribution < -0.4 is 4.74 Å². The first-order valence-electron chi connectivity index (χ1n) is 7.50. The van der Waals surface area contributed by atoms with E-state index in [1.54, 1.807) is 0 Å². The van der Waals surface area contributed by atoms with Gasteiger partial charge >= 0.3 is 5.97 Å². The Morgan fingerprint density at radius 1 is 1.05 bits per heavy atom. The Bertz CT molecular complexity index is 346. The number of para-hydroxylation sites is 1. The van der Waals surface area contributed by atoms with Crippen LogP contribution in [0.3, 0.4) is 0 Å². The SMILES string of the molecule is CCCCCCCCC(C)C(=O)Oc1ccccc1. The average molecular weight is 262 g/mol. The molecule has 1 aromatic rings. The van der Waals surface area contributed by atoms with Gasteiger partial charge in [0.25, 0.3) is 0 Å². The first-order valence-corrected chi connectivity index (χ1v) is 7.50. The van der Waals surface area contributed by atoms with Gasteiger partial charge in [-0.2, -0.15) is 0 Å². The van der Waals surface area contributed by atoms with Crippen LogP contribution in [0.5, 0.6) is 5.75 Å². The van der Waals surface area contributed by atoms with Crippen LogP contribution in [0.2, 0.25) is 0 Å². The van der Waals surface area contributed by atoms with Crippen molar-refractivity contribution in [2.45, 2.75) is 58.8 Å². The highest BCUT2D eigenvalue weighted by Gasteiger charge is 2.14. The molecule has 0 fully saturated rings. The second kappa shape index (κ2) is 9.60. The van der Waals surface area contributed by atoms with Crippen LogP contribution in [0.25, 0.3) is 0 Å². The molecule has 0 bridgehead atoms. The molecule has 1 unspecified atom stereocenters. The molecule has 0 saturated heterocycles. The Hall–Kier alpha value is -1.31. The summed E-state index contributed by atoms with van der Waals surface area (Å²) < 4.78 is 5.33. The molecule has 19 heavy (non-hydrogen) atoms. The molecule has 1 atom stereocenters. The molecule has 0 aliphatic heterocycles. The van der Waals surface area contributed by atoms with E-state index in [1.165, 1.54) is 32.1 Å². The lowest BCUT2D eigenvalue weighted by Gasteiger charge is -2.10. The van der Waals surface area contributed by atoms with E-state index in [0.29, 0.717) is 5.75 Å². The standard InChI is InChI=1S/C17H26O2/c1-3-4-5-6-7-9-12-15(2)17(18)19-16-13-10-8-11-14-16/h8,10-11,13-15H,3-7,9,12H2,1-2H3. The summed E-state index contributed by atoms with van der Waals surface area (Å²) in [6.45, 7) is 4.18. The molecule has 0 heterocycles. The van der Waals surface area contributed by atoms with Gasteiger partial charge in [0.1, 0.15) is 5.75 Å². The summed E-state index contributed by atoms with van der Waals surface area (Å²) in [6.07, 6.45) is 8.48. The summed E-state index contributed by atoms with van der Waals surface area (Å²) in [6, 6.07) is 9.30. The topological polar surface area (TPSA) is 26.3 Å². The third-order valence-electron chi connectivity index (χ3n) is 3.35. The fourth-order valence-corrected chi connectivity index (χ4v) is 2.05. The Balaban J connectivity index is 2.15. The highest BCUT2D eigenvalue weighted by atomic mass is 16.5. The lowest BCUT2D eigenvalue weighted by molar-refractivity contribution is -0.138. The molecule has 0 radical (unpaired) electrons. The molecule has 0 aliphatic rings. The van der Waals surface area contributed by atoms with Crippen molar-refractivity contribution in [3.8, 4) is 5.75 Å². The van der Waals surface area contributed by atoms with E-state index < -0.39 is 0 Å². The van der Waals surface area contributed by atoms with E-state index in [4.69, 9.17) is 4.74 Å². The number of unbranched alkanes of at least 4 members (excludes halogenated alkanes) is 5. The van der Waals surface area contributed by atoms with Crippen molar-refractivity contribution in [1.29, 1.82) is 0 Å². The maximum Gasteiger partial charge on any atom is 0.314 e. The predicted molar refractivity (Wildman–Crippen MR) is 79.2 cm³/mol. The van der Waals surface area contributed by atoms with Gasteiger partial charge in [-0.3, -0.25) is 4.79 Å². The van der Waals surface area contributed by atoms with Crippen molar-refractivity contribution in [2.75, 3.05) is 0 Å². The molecule has 106 valence electrons. The zero-order valence-electron chi connectivity index (χ0n) is 12.2. The summed E-state index contributed by atoms with van der Waals surface area (Å²) in [7, 11) is 0. The van der Waals surface area contributed by atoms with E-state index >= 15 is 0 Å². The second-order valence-corrected chi connectivity index (χ2v) is 5.19. The van der Waals surface area contributed by atoms with Gasteiger partial charge in [-0.1, -0.05) is 70.6 Å². The molecule has 2 nitrogen and oxygen atoms in total. The molecule has 0 saturated carbocycles. The van der Waals surface area contributed by atoms with E-state index in [9.17, 15) is 4.79 Å². The van der Waals surface area contributed by atoms with Crippen LogP contribution >= 0.6 is 0 Å². The van der Waals surface area contributed by atoms with E-state index in [1.807, 2.05) is 37.3 Å². The highest BCUT2D eigenvalue weighted by Crippen LogP contribution is 2.16. The van der Waals surface area contributed by atoms with Crippen molar-refractivity contribution in [2.24, 2.45) is 5.92 Å². The minimum Gasteiger partial charge on any atom is -0.426 e. The molecule has 1 aromatic carbocycles. The summed E-state index contributed by atoms with van der Waals surface area (Å²) >= 11 is 0. The maximum absolute atomic E-state index is 11.9. The van der Waals surface area contributed by atoms with Gasteiger partial charge in [0, 0.05) is 0 Å². The number of hydrogen-bond donors (Lipinski definition) is 0. The van der Waals surface area contributed by atoms with Gasteiger partial charge in [0.05, 0.1) is 5.92 Å². The van der Waals surface area contributed by atoms with Crippen LogP contribution in [0, 0.1) is 5.92 Å². The molecule has 0 amide bonds. The van der Waals surface area contributed by atoms with E-state index in [2.05, 4.69) is 6.92 Å². The number of rotatable bonds is 9. The van der Waals surface area contributed by atoms with Crippen LogP contribution in [0.15, 0.2) is 30.3 Å². The molecular weight excluding hydrogens is 236 g/mol. The average Bonchev–Trinajstić information content (AvgIpc) is 2.43. The van der Waals surface area contributed by atoms with E-state index in [0.717, 1.165) is 12.8 Å². The fraction of sp³-hybridized carbons (Fsp3) is 0.588. The number of hydrogen-bond acceptors (Lipinski definition) is 2. The van der Waals surface area contributed by atoms with Gasteiger partial charge < -0.3 is 4.74 Å². The summed E-state index contributed by atoms with van der Waals surface area (Å²) in [4.78, 5) is 11.9. The third kappa shape index (κ3) is 7.00. The first kappa shape index (κ1) is 15.7. The van der Waals surface area contributed by atoms with Gasteiger partial charge in [-0.15, -0.1) is 0 Å². The number of carbonyl (C=O) groups excluding carboxylic acids is 1. The minimum absolute atomic E-state index is 0.00798. The Labute approximate surface area is 117 Å². The summed E-state index contributed by atoms with van der Waals surface area (Å²) in [5, 5.41) is 0. The smallest absolute Gasteiger partial charge is 0.314 e. The normalized spacial score (nSPS) is 12.1. The molecule has 0 spiro atoms. The molecule has 2 heteroatoms. The second-order valence-electron chi connectivity index (χ2n) is 5.19. The minimum atomic E-state index is -0.111. The summed E-state index contributed by atoms with van der Waals surface area (Å²) in [5.74, 6) is 0.522. The molecule has 0 aliphatic carbocycles. The lowest BCUT2D eigenvalue weighted by Crippen LogP contribution is -2.17. The maximum atomic E-state index is 11.9. The van der Waals surface area contributed by atoms with Crippen LogP contribution in [-0.2, 0) is 4.79 Å². The van der Waals surface area contributed by atoms with Crippen molar-refractivity contribution < 1.29 is 9.53 Å². The summed E-state index contributed by atoms with van der Waals surface area (Å²) in [5.41, 5.74) is 0. The van der Waals surface area contributed by atoms with Gasteiger partial charge in [-0.25, -0.2) is 0 Å². The van der Waals surface area contributed by atoms with Gasteiger partial charge in [0.15, 0.2) is 0 Å². The predicted octanol–water partition coefficient (Wildman–Crippen LogP) is 4.98. The van der Waals surface area contributed by atoms with Crippen molar-refractivity contribution in [3.63, 3.8) is 0 Å². The molecule has 0 aromatic heterocycles. The Kier molecular flexibility index (Phi) is 7.95. The number of esters is 1. The molecular formula is C17H26O2. The number of carbonyl (C=O) groups is 1. The fourth-order valence-electron chi connectivity index (χ4n) is 2.05. The van der Waals surface area contributed by atoms with Crippen molar-refractivity contribution in [3.05, 3.63) is 30.3 Å². The molecule has 0 N–H and O–H groups in total. The van der Waals surface area contributed by atoms with E-state index in [-0.39, 0.29) is 11.9 Å². The monoisotopic (exact) mass is 262 g/mol. The van der Waals surface area contributed by atoms with Gasteiger partial charge in [0.2, 0.25) is 0 Å². The third-order valence-corrected chi connectivity index (χ3v) is 3.35. The molecule has 1 rings (SSSR count). The Morgan fingerprint density at radius 2 is 1.68 bits per heavy atom.